The smallest absolute Gasteiger partial charge is 0.340 e. The molecule has 0 aliphatic heterocycles. The lowest BCUT2D eigenvalue weighted by molar-refractivity contribution is 0.0603. The average Bonchev–Trinajstić information content (AvgIpc) is 2.59. The van der Waals surface area contributed by atoms with E-state index in [0.29, 0.717) is 5.56 Å². The molecule has 1 aromatic heterocycles. The maximum absolute atomic E-state index is 11.4. The number of methoxy groups -OCH3 is 1. The van der Waals surface area contributed by atoms with Crippen molar-refractivity contribution in [3.05, 3.63) is 33.5 Å². The van der Waals surface area contributed by atoms with Crippen molar-refractivity contribution in [2.75, 3.05) is 7.11 Å². The van der Waals surface area contributed by atoms with Crippen molar-refractivity contribution >= 4 is 39.5 Å². The van der Waals surface area contributed by atoms with Crippen LogP contribution >= 0.6 is 22.6 Å². The summed E-state index contributed by atoms with van der Waals surface area (Å²) in [7, 11) is 1.38. The fraction of sp³-hybridized carbons (Fsp3) is 0.100. The molecule has 1 heterocycles. The van der Waals surface area contributed by atoms with E-state index >= 15 is 0 Å². The number of fused-ring (bicyclic) bond motifs is 1. The molecule has 0 bridgehead atoms. The SMILES string of the molecule is COC(=O)c1c[nH]c2ccc(I)cc12. The van der Waals surface area contributed by atoms with E-state index in [1.165, 1.54) is 7.11 Å². The lowest BCUT2D eigenvalue weighted by Crippen LogP contribution is -1.99. The Morgan fingerprint density at radius 3 is 3.00 bits per heavy atom. The number of nitrogens with one attached hydrogen (secondary N) is 1. The molecule has 0 saturated carbocycles. The quantitative estimate of drug-likeness (QED) is 0.650. The minimum atomic E-state index is -0.307. The highest BCUT2D eigenvalue weighted by atomic mass is 127. The first-order chi connectivity index (χ1) is 6.72. The van der Waals surface area contributed by atoms with Gasteiger partial charge in [-0.05, 0) is 40.8 Å². The molecule has 0 aliphatic rings. The predicted octanol–water partition coefficient (Wildman–Crippen LogP) is 2.56. The van der Waals surface area contributed by atoms with Crippen LogP contribution in [0.3, 0.4) is 0 Å². The van der Waals surface area contributed by atoms with Crippen LogP contribution in [0.4, 0.5) is 0 Å². The summed E-state index contributed by atoms with van der Waals surface area (Å²) >= 11 is 2.21. The highest BCUT2D eigenvalue weighted by Gasteiger charge is 2.11. The molecule has 0 amide bonds. The normalized spacial score (nSPS) is 10.4. The molecule has 1 aromatic carbocycles. The Kier molecular flexibility index (Phi) is 2.45. The number of hydrogen-bond acceptors (Lipinski definition) is 2. The van der Waals surface area contributed by atoms with Crippen LogP contribution in [0.5, 0.6) is 0 Å². The summed E-state index contributed by atoms with van der Waals surface area (Å²) in [4.78, 5) is 14.4. The van der Waals surface area contributed by atoms with Crippen LogP contribution in [0, 0.1) is 3.57 Å². The number of hydrogen-bond donors (Lipinski definition) is 1. The van der Waals surface area contributed by atoms with Crippen LogP contribution in [0.25, 0.3) is 10.9 Å². The number of aromatic nitrogens is 1. The van der Waals surface area contributed by atoms with Gasteiger partial charge in [0.2, 0.25) is 0 Å². The number of benzene rings is 1. The van der Waals surface area contributed by atoms with Gasteiger partial charge in [-0.25, -0.2) is 4.79 Å². The third kappa shape index (κ3) is 1.50. The largest absolute Gasteiger partial charge is 0.465 e. The van der Waals surface area contributed by atoms with Gasteiger partial charge in [-0.2, -0.15) is 0 Å². The van der Waals surface area contributed by atoms with E-state index < -0.39 is 0 Å². The summed E-state index contributed by atoms with van der Waals surface area (Å²) < 4.78 is 5.78. The highest BCUT2D eigenvalue weighted by Crippen LogP contribution is 2.21. The summed E-state index contributed by atoms with van der Waals surface area (Å²) in [6, 6.07) is 5.89. The summed E-state index contributed by atoms with van der Waals surface area (Å²) in [5.74, 6) is -0.307. The van der Waals surface area contributed by atoms with Gasteiger partial charge >= 0.3 is 5.97 Å². The van der Waals surface area contributed by atoms with Crippen molar-refractivity contribution in [2.24, 2.45) is 0 Å². The lowest BCUT2D eigenvalue weighted by Gasteiger charge is -1.96. The van der Waals surface area contributed by atoms with Crippen LogP contribution in [-0.4, -0.2) is 18.1 Å². The van der Waals surface area contributed by atoms with Crippen molar-refractivity contribution in [3.63, 3.8) is 0 Å². The van der Waals surface area contributed by atoms with Gasteiger partial charge in [0, 0.05) is 20.7 Å². The summed E-state index contributed by atoms with van der Waals surface area (Å²) in [5.41, 5.74) is 1.53. The Bertz CT molecular complexity index is 490. The molecule has 4 heteroatoms. The number of H-pyrrole nitrogens is 1. The molecule has 0 spiro atoms. The molecule has 0 aliphatic carbocycles. The van der Waals surface area contributed by atoms with Crippen LogP contribution in [0.15, 0.2) is 24.4 Å². The van der Waals surface area contributed by atoms with Crippen molar-refractivity contribution < 1.29 is 9.53 Å². The van der Waals surface area contributed by atoms with Gasteiger partial charge in [-0.1, -0.05) is 0 Å². The number of esters is 1. The highest BCUT2D eigenvalue weighted by molar-refractivity contribution is 14.1. The van der Waals surface area contributed by atoms with Crippen molar-refractivity contribution in [3.8, 4) is 0 Å². The van der Waals surface area contributed by atoms with Gasteiger partial charge in [0.05, 0.1) is 12.7 Å². The van der Waals surface area contributed by atoms with Gasteiger partial charge in [-0.15, -0.1) is 0 Å². The molecule has 2 aromatic rings. The first-order valence-corrected chi connectivity index (χ1v) is 5.15. The molecule has 0 saturated heterocycles. The number of carbonyl (C=O) groups excluding carboxylic acids is 1. The Hall–Kier alpha value is -1.04. The van der Waals surface area contributed by atoms with E-state index in [1.54, 1.807) is 6.20 Å². The van der Waals surface area contributed by atoms with Gasteiger partial charge in [0.1, 0.15) is 0 Å². The second-order valence-corrected chi connectivity index (χ2v) is 4.13. The Balaban J connectivity index is 2.67. The average molecular weight is 301 g/mol. The van der Waals surface area contributed by atoms with Crippen LogP contribution < -0.4 is 0 Å². The van der Waals surface area contributed by atoms with Gasteiger partial charge < -0.3 is 9.72 Å². The molecule has 0 unspecified atom stereocenters. The van der Waals surface area contributed by atoms with Gasteiger partial charge in [0.25, 0.3) is 0 Å². The van der Waals surface area contributed by atoms with Gasteiger partial charge in [0.15, 0.2) is 0 Å². The maximum atomic E-state index is 11.4. The first kappa shape index (κ1) is 9.51. The minimum absolute atomic E-state index is 0.307. The fourth-order valence-corrected chi connectivity index (χ4v) is 1.86. The summed E-state index contributed by atoms with van der Waals surface area (Å²) in [6.45, 7) is 0. The minimum Gasteiger partial charge on any atom is -0.465 e. The molecule has 72 valence electrons. The molecule has 0 fully saturated rings. The first-order valence-electron chi connectivity index (χ1n) is 4.07. The summed E-state index contributed by atoms with van der Waals surface area (Å²) in [5, 5.41) is 0.906. The number of aromatic amines is 1. The second kappa shape index (κ2) is 3.61. The van der Waals surface area contributed by atoms with Crippen LogP contribution in [0.2, 0.25) is 0 Å². The van der Waals surface area contributed by atoms with E-state index in [1.807, 2.05) is 18.2 Å². The number of ether oxygens (including phenoxy) is 1. The zero-order valence-corrected chi connectivity index (χ0v) is 9.66. The van der Waals surface area contributed by atoms with Crippen molar-refractivity contribution in [1.82, 2.24) is 4.98 Å². The third-order valence-electron chi connectivity index (χ3n) is 2.05. The second-order valence-electron chi connectivity index (χ2n) is 2.88. The van der Waals surface area contributed by atoms with E-state index in [2.05, 4.69) is 32.3 Å². The third-order valence-corrected chi connectivity index (χ3v) is 2.72. The Morgan fingerprint density at radius 2 is 2.29 bits per heavy atom. The Labute approximate surface area is 94.6 Å². The van der Waals surface area contributed by atoms with E-state index in [4.69, 9.17) is 0 Å². The molecular formula is C10H8INO2. The van der Waals surface area contributed by atoms with E-state index in [-0.39, 0.29) is 5.97 Å². The maximum Gasteiger partial charge on any atom is 0.340 e. The topological polar surface area (TPSA) is 42.1 Å². The number of rotatable bonds is 1. The molecule has 3 nitrogen and oxygen atoms in total. The van der Waals surface area contributed by atoms with Crippen molar-refractivity contribution in [2.45, 2.75) is 0 Å². The van der Waals surface area contributed by atoms with Crippen molar-refractivity contribution in [1.29, 1.82) is 0 Å². The van der Waals surface area contributed by atoms with Crippen LogP contribution in [-0.2, 0) is 4.74 Å². The summed E-state index contributed by atoms with van der Waals surface area (Å²) in [6.07, 6.45) is 1.67. The molecule has 0 atom stereocenters. The zero-order chi connectivity index (χ0) is 10.1. The standard InChI is InChI=1S/C10H8INO2/c1-14-10(13)8-5-12-9-3-2-6(11)4-7(8)9/h2-5,12H,1H3. The Morgan fingerprint density at radius 1 is 1.50 bits per heavy atom. The monoisotopic (exact) mass is 301 g/mol. The number of carbonyl (C=O) groups is 1. The van der Waals surface area contributed by atoms with Crippen LogP contribution in [0.1, 0.15) is 10.4 Å². The number of halogens is 1. The van der Waals surface area contributed by atoms with E-state index in [0.717, 1.165) is 14.5 Å². The van der Waals surface area contributed by atoms with Gasteiger partial charge in [-0.3, -0.25) is 0 Å². The molecule has 1 N–H and O–H groups in total. The molecular weight excluding hydrogens is 293 g/mol. The molecule has 14 heavy (non-hydrogen) atoms. The lowest BCUT2D eigenvalue weighted by atomic mass is 10.2. The molecule has 0 radical (unpaired) electrons. The zero-order valence-electron chi connectivity index (χ0n) is 7.50. The fourth-order valence-electron chi connectivity index (χ4n) is 1.37. The van der Waals surface area contributed by atoms with E-state index in [9.17, 15) is 4.79 Å². The molecule has 2 rings (SSSR count). The predicted molar refractivity (Wildman–Crippen MR) is 62.4 cm³/mol.